The monoisotopic (exact) mass is 255 g/mol. The zero-order valence-electron chi connectivity index (χ0n) is 11.2. The Labute approximate surface area is 113 Å². The number of para-hydroxylation sites is 1. The second kappa shape index (κ2) is 6.14. The van der Waals surface area contributed by atoms with Gasteiger partial charge in [0.25, 0.3) is 0 Å². The molecule has 0 fully saturated rings. The molecule has 0 saturated carbocycles. The molecule has 0 amide bonds. The van der Waals surface area contributed by atoms with Crippen LogP contribution in [0.5, 0.6) is 5.75 Å². The number of ether oxygens (including phenoxy) is 1. The minimum absolute atomic E-state index is 0.371. The van der Waals surface area contributed by atoms with Crippen molar-refractivity contribution in [3.8, 4) is 5.75 Å². The van der Waals surface area contributed by atoms with E-state index in [9.17, 15) is 4.91 Å². The van der Waals surface area contributed by atoms with Gasteiger partial charge in [0.05, 0.1) is 0 Å². The molecule has 0 aliphatic heterocycles. The van der Waals surface area contributed by atoms with E-state index in [0.717, 1.165) is 28.9 Å². The molecule has 0 bridgehead atoms. The highest BCUT2D eigenvalue weighted by molar-refractivity contribution is 5.50. The summed E-state index contributed by atoms with van der Waals surface area (Å²) in [4.78, 5) is 10.9. The first-order chi connectivity index (χ1) is 9.26. The summed E-state index contributed by atoms with van der Waals surface area (Å²) in [6.07, 6.45) is 0.857. The highest BCUT2D eigenvalue weighted by Crippen LogP contribution is 2.26. The third kappa shape index (κ3) is 2.99. The van der Waals surface area contributed by atoms with Crippen LogP contribution in [0.2, 0.25) is 0 Å². The van der Waals surface area contributed by atoms with Gasteiger partial charge < -0.3 is 4.74 Å². The van der Waals surface area contributed by atoms with Gasteiger partial charge in [0.2, 0.25) is 0 Å². The fourth-order valence-corrected chi connectivity index (χ4v) is 2.07. The number of benzene rings is 2. The molecule has 0 saturated heterocycles. The lowest BCUT2D eigenvalue weighted by Crippen LogP contribution is -2.01. The Morgan fingerprint density at radius 2 is 1.89 bits per heavy atom. The van der Waals surface area contributed by atoms with Crippen molar-refractivity contribution in [3.63, 3.8) is 0 Å². The van der Waals surface area contributed by atoms with Crippen LogP contribution in [-0.4, -0.2) is 0 Å². The molecule has 2 aromatic rings. The SMILES string of the molecule is CCc1cccc(N=O)c1COc1ccccc1C. The van der Waals surface area contributed by atoms with Gasteiger partial charge in [-0.2, -0.15) is 0 Å². The van der Waals surface area contributed by atoms with Gasteiger partial charge in [-0.3, -0.25) is 0 Å². The Balaban J connectivity index is 2.24. The number of rotatable bonds is 5. The zero-order chi connectivity index (χ0) is 13.7. The molecule has 0 aromatic heterocycles. The van der Waals surface area contributed by atoms with Crippen molar-refractivity contribution in [3.05, 3.63) is 64.1 Å². The molecule has 98 valence electrons. The number of hydrogen-bond acceptors (Lipinski definition) is 3. The maximum Gasteiger partial charge on any atom is 0.122 e. The molecule has 19 heavy (non-hydrogen) atoms. The summed E-state index contributed by atoms with van der Waals surface area (Å²) in [5.74, 6) is 0.838. The van der Waals surface area contributed by atoms with E-state index in [0.29, 0.717) is 12.3 Å². The Morgan fingerprint density at radius 1 is 1.11 bits per heavy atom. The first-order valence-electron chi connectivity index (χ1n) is 6.38. The molecule has 0 aliphatic rings. The lowest BCUT2D eigenvalue weighted by molar-refractivity contribution is 0.303. The molecule has 2 aromatic carbocycles. The normalized spacial score (nSPS) is 10.2. The summed E-state index contributed by atoms with van der Waals surface area (Å²) < 4.78 is 5.81. The van der Waals surface area contributed by atoms with Crippen molar-refractivity contribution in [2.45, 2.75) is 26.9 Å². The number of nitrogens with zero attached hydrogens (tertiary/aromatic N) is 1. The fourth-order valence-electron chi connectivity index (χ4n) is 2.07. The Morgan fingerprint density at radius 3 is 2.58 bits per heavy atom. The molecule has 0 aliphatic carbocycles. The second-order valence-corrected chi connectivity index (χ2v) is 4.41. The maximum absolute atomic E-state index is 10.9. The van der Waals surface area contributed by atoms with Crippen LogP contribution in [0.3, 0.4) is 0 Å². The van der Waals surface area contributed by atoms with E-state index >= 15 is 0 Å². The number of nitroso groups, excluding NO2 is 1. The van der Waals surface area contributed by atoms with Gasteiger partial charge in [0.1, 0.15) is 18.0 Å². The van der Waals surface area contributed by atoms with Crippen molar-refractivity contribution in [1.29, 1.82) is 0 Å². The quantitative estimate of drug-likeness (QED) is 0.736. The van der Waals surface area contributed by atoms with Crippen LogP contribution in [0.4, 0.5) is 5.69 Å². The van der Waals surface area contributed by atoms with Crippen LogP contribution in [0.1, 0.15) is 23.6 Å². The summed E-state index contributed by atoms with van der Waals surface area (Å²) in [5, 5.41) is 3.08. The van der Waals surface area contributed by atoms with Gasteiger partial charge in [0.15, 0.2) is 0 Å². The van der Waals surface area contributed by atoms with Gasteiger partial charge in [0, 0.05) is 5.56 Å². The van der Waals surface area contributed by atoms with Crippen LogP contribution >= 0.6 is 0 Å². The lowest BCUT2D eigenvalue weighted by Gasteiger charge is -2.12. The predicted molar refractivity (Wildman–Crippen MR) is 76.8 cm³/mol. The number of hydrogen-bond donors (Lipinski definition) is 0. The first kappa shape index (κ1) is 13.3. The van der Waals surface area contributed by atoms with Crippen LogP contribution < -0.4 is 4.74 Å². The molecule has 3 nitrogen and oxygen atoms in total. The van der Waals surface area contributed by atoms with Crippen LogP contribution in [0, 0.1) is 11.8 Å². The van der Waals surface area contributed by atoms with Crippen LogP contribution in [0.25, 0.3) is 0 Å². The molecular weight excluding hydrogens is 238 g/mol. The third-order valence-electron chi connectivity index (χ3n) is 3.19. The van der Waals surface area contributed by atoms with Gasteiger partial charge in [-0.05, 0) is 41.8 Å². The van der Waals surface area contributed by atoms with Crippen LogP contribution in [0.15, 0.2) is 47.6 Å². The van der Waals surface area contributed by atoms with Crippen molar-refractivity contribution < 1.29 is 4.74 Å². The smallest absolute Gasteiger partial charge is 0.122 e. The maximum atomic E-state index is 10.9. The Hall–Kier alpha value is -2.16. The minimum atomic E-state index is 0.371. The predicted octanol–water partition coefficient (Wildman–Crippen LogP) is 4.53. The van der Waals surface area contributed by atoms with E-state index in [-0.39, 0.29) is 0 Å². The molecule has 3 heteroatoms. The van der Waals surface area contributed by atoms with E-state index in [1.165, 1.54) is 0 Å². The highest BCUT2D eigenvalue weighted by atomic mass is 16.5. The summed E-state index contributed by atoms with van der Waals surface area (Å²) in [5.41, 5.74) is 3.53. The molecule has 0 radical (unpaired) electrons. The molecule has 0 unspecified atom stereocenters. The summed E-state index contributed by atoms with van der Waals surface area (Å²) >= 11 is 0. The Kier molecular flexibility index (Phi) is 4.29. The van der Waals surface area contributed by atoms with E-state index in [2.05, 4.69) is 12.1 Å². The van der Waals surface area contributed by atoms with Crippen molar-refractivity contribution in [2.24, 2.45) is 5.18 Å². The standard InChI is InChI=1S/C16H17NO2/c1-3-13-8-6-9-15(17-18)14(13)11-19-16-10-5-4-7-12(16)2/h4-10H,3,11H2,1-2H3. The van der Waals surface area contributed by atoms with Crippen LogP contribution in [-0.2, 0) is 13.0 Å². The topological polar surface area (TPSA) is 38.7 Å². The van der Waals surface area contributed by atoms with E-state index in [1.807, 2.05) is 43.3 Å². The van der Waals surface area contributed by atoms with Gasteiger partial charge >= 0.3 is 0 Å². The highest BCUT2D eigenvalue weighted by Gasteiger charge is 2.09. The third-order valence-corrected chi connectivity index (χ3v) is 3.19. The van der Waals surface area contributed by atoms with Gasteiger partial charge in [-0.15, -0.1) is 4.91 Å². The van der Waals surface area contributed by atoms with E-state index < -0.39 is 0 Å². The molecule has 0 N–H and O–H groups in total. The second-order valence-electron chi connectivity index (χ2n) is 4.41. The molecule has 0 spiro atoms. The summed E-state index contributed by atoms with van der Waals surface area (Å²) in [7, 11) is 0. The fraction of sp³-hybridized carbons (Fsp3) is 0.250. The molecular formula is C16H17NO2. The van der Waals surface area contributed by atoms with Crippen molar-refractivity contribution >= 4 is 5.69 Å². The average Bonchev–Trinajstić information content (AvgIpc) is 2.46. The largest absolute Gasteiger partial charge is 0.489 e. The molecule has 0 heterocycles. The Bertz CT molecular complexity index is 579. The van der Waals surface area contributed by atoms with Gasteiger partial charge in [-0.25, -0.2) is 0 Å². The average molecular weight is 255 g/mol. The first-order valence-corrected chi connectivity index (χ1v) is 6.38. The summed E-state index contributed by atoms with van der Waals surface area (Å²) in [6, 6.07) is 13.4. The summed E-state index contributed by atoms with van der Waals surface area (Å²) in [6.45, 7) is 4.43. The van der Waals surface area contributed by atoms with Gasteiger partial charge in [-0.1, -0.05) is 37.3 Å². The minimum Gasteiger partial charge on any atom is -0.489 e. The zero-order valence-corrected chi connectivity index (χ0v) is 11.2. The lowest BCUT2D eigenvalue weighted by atomic mass is 10.0. The molecule has 2 rings (SSSR count). The number of aryl methyl sites for hydroxylation is 2. The van der Waals surface area contributed by atoms with Crippen molar-refractivity contribution in [2.75, 3.05) is 0 Å². The van der Waals surface area contributed by atoms with Crippen molar-refractivity contribution in [1.82, 2.24) is 0 Å². The van der Waals surface area contributed by atoms with E-state index in [1.54, 1.807) is 6.07 Å². The van der Waals surface area contributed by atoms with E-state index in [4.69, 9.17) is 4.74 Å². The molecule has 0 atom stereocenters.